The van der Waals surface area contributed by atoms with Gasteiger partial charge in [-0.3, -0.25) is 4.98 Å². The topological polar surface area (TPSA) is 52.6 Å². The summed E-state index contributed by atoms with van der Waals surface area (Å²) >= 11 is 0. The van der Waals surface area contributed by atoms with Crippen LogP contribution in [-0.2, 0) is 16.0 Å². The maximum atomic E-state index is 5.78. The molecule has 5 heteroatoms. The van der Waals surface area contributed by atoms with E-state index in [0.717, 1.165) is 36.6 Å². The van der Waals surface area contributed by atoms with Crippen LogP contribution in [0.1, 0.15) is 24.7 Å². The summed E-state index contributed by atoms with van der Waals surface area (Å²) in [6.45, 7) is 8.31. The van der Waals surface area contributed by atoms with Gasteiger partial charge in [-0.2, -0.15) is 0 Å². The minimum absolute atomic E-state index is 0.633. The van der Waals surface area contributed by atoms with E-state index in [-0.39, 0.29) is 0 Å². The molecule has 1 rings (SSSR count). The van der Waals surface area contributed by atoms with Crippen molar-refractivity contribution < 1.29 is 14.2 Å². The molecule has 1 N–H and O–H groups in total. The van der Waals surface area contributed by atoms with Gasteiger partial charge in [0, 0.05) is 32.4 Å². The van der Waals surface area contributed by atoms with Crippen molar-refractivity contribution in [2.45, 2.75) is 26.8 Å². The Morgan fingerprint density at radius 1 is 1.15 bits per heavy atom. The molecule has 0 bridgehead atoms. The average Bonchev–Trinajstić information content (AvgIpc) is 2.45. The summed E-state index contributed by atoms with van der Waals surface area (Å²) in [6, 6.07) is 3.96. The number of aromatic nitrogens is 1. The van der Waals surface area contributed by atoms with Crippen molar-refractivity contribution in [3.05, 3.63) is 23.5 Å². The van der Waals surface area contributed by atoms with E-state index in [1.54, 1.807) is 7.11 Å². The summed E-state index contributed by atoms with van der Waals surface area (Å²) in [4.78, 5) is 4.51. The Balaban J connectivity index is 2.31. The van der Waals surface area contributed by atoms with Crippen LogP contribution in [0.3, 0.4) is 0 Å². The van der Waals surface area contributed by atoms with Crippen LogP contribution in [0.5, 0.6) is 5.75 Å². The molecule has 0 unspecified atom stereocenters. The lowest BCUT2D eigenvalue weighted by atomic mass is 10.3. The van der Waals surface area contributed by atoms with Gasteiger partial charge < -0.3 is 19.5 Å². The number of rotatable bonds is 11. The van der Waals surface area contributed by atoms with Crippen molar-refractivity contribution >= 4 is 0 Å². The fourth-order valence-corrected chi connectivity index (χ4v) is 1.69. The molecule has 0 fully saturated rings. The number of ether oxygens (including phenoxy) is 3. The Bertz CT molecular complexity index is 372. The monoisotopic (exact) mass is 282 g/mol. The lowest BCUT2D eigenvalue weighted by Crippen LogP contribution is -2.15. The van der Waals surface area contributed by atoms with Crippen LogP contribution in [0.15, 0.2) is 12.1 Å². The normalized spacial score (nSPS) is 10.8. The molecule has 1 aromatic rings. The minimum Gasteiger partial charge on any atom is -0.492 e. The van der Waals surface area contributed by atoms with Crippen LogP contribution in [0.2, 0.25) is 0 Å². The third kappa shape index (κ3) is 6.84. The second-order valence-corrected chi connectivity index (χ2v) is 4.48. The molecule has 0 saturated heterocycles. The third-order valence-electron chi connectivity index (χ3n) is 2.74. The summed E-state index contributed by atoms with van der Waals surface area (Å²) in [5.74, 6) is 0.855. The Labute approximate surface area is 121 Å². The Morgan fingerprint density at radius 2 is 2.00 bits per heavy atom. The van der Waals surface area contributed by atoms with Gasteiger partial charge in [0.1, 0.15) is 5.75 Å². The number of aryl methyl sites for hydroxylation is 1. The molecular formula is C15H26N2O3. The van der Waals surface area contributed by atoms with Gasteiger partial charge in [0.2, 0.25) is 0 Å². The summed E-state index contributed by atoms with van der Waals surface area (Å²) < 4.78 is 16.1. The molecule has 0 saturated carbocycles. The molecule has 1 heterocycles. The standard InChI is InChI=1S/C15H26N2O3/c1-4-16-12-14-15(7-6-13(2)17-14)20-9-5-8-19-11-10-18-3/h6-7,16H,4-5,8-12H2,1-3H3. The Kier molecular flexibility index (Phi) is 8.95. The highest BCUT2D eigenvalue weighted by Crippen LogP contribution is 2.17. The smallest absolute Gasteiger partial charge is 0.142 e. The fourth-order valence-electron chi connectivity index (χ4n) is 1.69. The van der Waals surface area contributed by atoms with Crippen LogP contribution in [0.4, 0.5) is 0 Å². The molecule has 0 aliphatic heterocycles. The van der Waals surface area contributed by atoms with Gasteiger partial charge in [-0.25, -0.2) is 0 Å². The number of methoxy groups -OCH3 is 1. The number of nitrogens with one attached hydrogen (secondary N) is 1. The van der Waals surface area contributed by atoms with Crippen LogP contribution in [-0.4, -0.2) is 45.1 Å². The Hall–Kier alpha value is -1.17. The van der Waals surface area contributed by atoms with E-state index >= 15 is 0 Å². The largest absolute Gasteiger partial charge is 0.492 e. The number of pyridine rings is 1. The molecule has 0 radical (unpaired) electrons. The lowest BCUT2D eigenvalue weighted by molar-refractivity contribution is 0.0643. The molecule has 0 amide bonds. The highest BCUT2D eigenvalue weighted by Gasteiger charge is 2.05. The van der Waals surface area contributed by atoms with E-state index in [9.17, 15) is 0 Å². The predicted octanol–water partition coefficient (Wildman–Crippen LogP) is 1.93. The first-order valence-corrected chi connectivity index (χ1v) is 7.14. The van der Waals surface area contributed by atoms with Crippen molar-refractivity contribution in [3.63, 3.8) is 0 Å². The maximum absolute atomic E-state index is 5.78. The molecule has 20 heavy (non-hydrogen) atoms. The van der Waals surface area contributed by atoms with Crippen LogP contribution < -0.4 is 10.1 Å². The lowest BCUT2D eigenvalue weighted by Gasteiger charge is -2.12. The van der Waals surface area contributed by atoms with E-state index in [1.165, 1.54) is 0 Å². The Morgan fingerprint density at radius 3 is 2.75 bits per heavy atom. The second kappa shape index (κ2) is 10.6. The zero-order valence-electron chi connectivity index (χ0n) is 12.8. The van der Waals surface area contributed by atoms with E-state index < -0.39 is 0 Å². The molecule has 0 aliphatic carbocycles. The van der Waals surface area contributed by atoms with Gasteiger partial charge in [0.25, 0.3) is 0 Å². The van der Waals surface area contributed by atoms with E-state index in [4.69, 9.17) is 14.2 Å². The number of hydrogen-bond acceptors (Lipinski definition) is 5. The first-order chi connectivity index (χ1) is 9.77. The quantitative estimate of drug-likeness (QED) is 0.629. The molecule has 5 nitrogen and oxygen atoms in total. The molecule has 0 aliphatic rings. The van der Waals surface area contributed by atoms with E-state index in [0.29, 0.717) is 26.4 Å². The fraction of sp³-hybridized carbons (Fsp3) is 0.667. The van der Waals surface area contributed by atoms with E-state index in [1.807, 2.05) is 19.1 Å². The SMILES string of the molecule is CCNCc1nc(C)ccc1OCCCOCCOC. The summed E-state index contributed by atoms with van der Waals surface area (Å²) in [5, 5.41) is 3.28. The number of nitrogens with zero attached hydrogens (tertiary/aromatic N) is 1. The molecule has 0 aromatic carbocycles. The summed E-state index contributed by atoms with van der Waals surface area (Å²) in [7, 11) is 1.67. The first-order valence-electron chi connectivity index (χ1n) is 7.14. The third-order valence-corrected chi connectivity index (χ3v) is 2.74. The van der Waals surface area contributed by atoms with Crippen LogP contribution >= 0.6 is 0 Å². The van der Waals surface area contributed by atoms with Gasteiger partial charge in [-0.15, -0.1) is 0 Å². The van der Waals surface area contributed by atoms with Gasteiger partial charge in [-0.05, 0) is 25.6 Å². The van der Waals surface area contributed by atoms with Crippen molar-refractivity contribution in [1.82, 2.24) is 10.3 Å². The second-order valence-electron chi connectivity index (χ2n) is 4.48. The number of hydrogen-bond donors (Lipinski definition) is 1. The molecular weight excluding hydrogens is 256 g/mol. The predicted molar refractivity (Wildman–Crippen MR) is 79.2 cm³/mol. The maximum Gasteiger partial charge on any atom is 0.142 e. The van der Waals surface area contributed by atoms with Crippen molar-refractivity contribution in [3.8, 4) is 5.75 Å². The van der Waals surface area contributed by atoms with Crippen molar-refractivity contribution in [2.24, 2.45) is 0 Å². The zero-order valence-corrected chi connectivity index (χ0v) is 12.8. The van der Waals surface area contributed by atoms with Crippen molar-refractivity contribution in [2.75, 3.05) is 40.1 Å². The minimum atomic E-state index is 0.633. The summed E-state index contributed by atoms with van der Waals surface area (Å²) in [5.41, 5.74) is 1.97. The summed E-state index contributed by atoms with van der Waals surface area (Å²) in [6.07, 6.45) is 0.859. The molecule has 0 spiro atoms. The zero-order chi connectivity index (χ0) is 14.6. The van der Waals surface area contributed by atoms with Gasteiger partial charge >= 0.3 is 0 Å². The van der Waals surface area contributed by atoms with Crippen LogP contribution in [0.25, 0.3) is 0 Å². The molecule has 0 atom stereocenters. The first kappa shape index (κ1) is 16.9. The van der Waals surface area contributed by atoms with Crippen molar-refractivity contribution in [1.29, 1.82) is 0 Å². The van der Waals surface area contributed by atoms with Gasteiger partial charge in [0.15, 0.2) is 0 Å². The van der Waals surface area contributed by atoms with Gasteiger partial charge in [-0.1, -0.05) is 6.92 Å². The van der Waals surface area contributed by atoms with Gasteiger partial charge in [0.05, 0.1) is 25.5 Å². The highest BCUT2D eigenvalue weighted by atomic mass is 16.5. The van der Waals surface area contributed by atoms with Crippen LogP contribution in [0, 0.1) is 6.92 Å². The molecule has 1 aromatic heterocycles. The molecule has 114 valence electrons. The van der Waals surface area contributed by atoms with E-state index in [2.05, 4.69) is 17.2 Å². The average molecular weight is 282 g/mol. The highest BCUT2D eigenvalue weighted by molar-refractivity contribution is 5.29.